The van der Waals surface area contributed by atoms with Crippen LogP contribution in [0.3, 0.4) is 0 Å². The van der Waals surface area contributed by atoms with Gasteiger partial charge < -0.3 is 4.90 Å². The average Bonchev–Trinajstić information content (AvgIpc) is 3.19. The SMILES string of the molecule is Fc1ccc(-c2nn3ccc(N4CCN(C[18F])CC4)nc3c2-c2ccncc2)cc1. The van der Waals surface area contributed by atoms with E-state index in [1.807, 2.05) is 24.4 Å². The van der Waals surface area contributed by atoms with Crippen LogP contribution in [0.1, 0.15) is 0 Å². The second-order valence-corrected chi connectivity index (χ2v) is 7.24. The molecule has 0 saturated carbocycles. The first-order valence-electron chi connectivity index (χ1n) is 9.82. The van der Waals surface area contributed by atoms with E-state index in [9.17, 15) is 8.78 Å². The molecule has 30 heavy (non-hydrogen) atoms. The Bertz CT molecular complexity index is 1150. The topological polar surface area (TPSA) is 49.6 Å². The fourth-order valence-corrected chi connectivity index (χ4v) is 3.79. The summed E-state index contributed by atoms with van der Waals surface area (Å²) in [6.07, 6.45) is 5.34. The van der Waals surface area contributed by atoms with E-state index in [1.54, 1.807) is 33.9 Å². The fraction of sp³-hybridized carbons (Fsp3) is 0.227. The first-order valence-corrected chi connectivity index (χ1v) is 9.82. The Morgan fingerprint density at radius 1 is 0.867 bits per heavy atom. The molecular formula is C22H20F2N6. The number of halogens is 2. The van der Waals surface area contributed by atoms with Gasteiger partial charge in [0, 0.05) is 50.3 Å². The Morgan fingerprint density at radius 3 is 2.30 bits per heavy atom. The van der Waals surface area contributed by atoms with Crippen LogP contribution in [0, 0.1) is 5.82 Å². The van der Waals surface area contributed by atoms with E-state index in [4.69, 9.17) is 10.1 Å². The standard InChI is InChI=1S/C22H20F2N6/c23-15-28-11-13-29(14-12-28)19-7-10-30-22(26-19)20(16-5-8-25-9-6-16)21(27-30)17-1-3-18(24)4-2-17/h1-10H,11-15H2/i23-1. The molecule has 0 atom stereocenters. The Labute approximate surface area is 172 Å². The summed E-state index contributed by atoms with van der Waals surface area (Å²) in [4.78, 5) is 13.0. The van der Waals surface area contributed by atoms with E-state index in [2.05, 4.69) is 9.88 Å². The van der Waals surface area contributed by atoms with Gasteiger partial charge in [-0.25, -0.2) is 18.3 Å². The number of benzene rings is 1. The van der Waals surface area contributed by atoms with Gasteiger partial charge in [0.05, 0.1) is 5.56 Å². The van der Waals surface area contributed by atoms with Crippen molar-refractivity contribution in [3.8, 4) is 22.4 Å². The van der Waals surface area contributed by atoms with Crippen molar-refractivity contribution < 1.29 is 8.78 Å². The van der Waals surface area contributed by atoms with Crippen molar-refractivity contribution in [2.24, 2.45) is 0 Å². The molecule has 1 saturated heterocycles. The Balaban J connectivity index is 1.63. The zero-order valence-corrected chi connectivity index (χ0v) is 16.2. The zero-order valence-electron chi connectivity index (χ0n) is 16.2. The maximum Gasteiger partial charge on any atom is 0.165 e. The lowest BCUT2D eigenvalue weighted by atomic mass is 10.0. The summed E-state index contributed by atoms with van der Waals surface area (Å²) >= 11 is 0. The number of pyridine rings is 1. The number of alkyl halides is 1. The van der Waals surface area contributed by atoms with Gasteiger partial charge in [-0.3, -0.25) is 9.88 Å². The van der Waals surface area contributed by atoms with Crippen molar-refractivity contribution in [1.29, 1.82) is 0 Å². The maximum atomic E-state index is 13.5. The normalized spacial score (nSPS) is 15.1. The van der Waals surface area contributed by atoms with Crippen LogP contribution in [0.4, 0.5) is 14.6 Å². The van der Waals surface area contributed by atoms with Crippen LogP contribution in [-0.4, -0.2) is 57.5 Å². The second kappa shape index (κ2) is 7.79. The summed E-state index contributed by atoms with van der Waals surface area (Å²) < 4.78 is 28.1. The van der Waals surface area contributed by atoms with Crippen molar-refractivity contribution >= 4 is 11.5 Å². The number of nitrogens with zero attached hydrogens (tertiary/aromatic N) is 6. The van der Waals surface area contributed by atoms with E-state index in [-0.39, 0.29) is 5.82 Å². The summed E-state index contributed by atoms with van der Waals surface area (Å²) in [5, 5.41) is 4.74. The lowest BCUT2D eigenvalue weighted by molar-refractivity contribution is 0.176. The van der Waals surface area contributed by atoms with E-state index in [1.165, 1.54) is 12.1 Å². The van der Waals surface area contributed by atoms with Gasteiger partial charge in [0.25, 0.3) is 0 Å². The van der Waals surface area contributed by atoms with Gasteiger partial charge in [-0.1, -0.05) is 0 Å². The predicted octanol–water partition coefficient (Wildman–Crippen LogP) is 3.65. The molecule has 8 heteroatoms. The van der Waals surface area contributed by atoms with Crippen molar-refractivity contribution in [3.63, 3.8) is 0 Å². The minimum absolute atomic E-state index is 0.291. The number of fused-ring (bicyclic) bond motifs is 1. The summed E-state index contributed by atoms with van der Waals surface area (Å²) in [6.45, 7) is 2.35. The molecule has 1 aliphatic heterocycles. The molecule has 4 aromatic rings. The van der Waals surface area contributed by atoms with Crippen LogP contribution >= 0.6 is 0 Å². The number of anilines is 1. The Hall–Kier alpha value is -3.39. The van der Waals surface area contributed by atoms with Crippen molar-refractivity contribution in [1.82, 2.24) is 24.5 Å². The van der Waals surface area contributed by atoms with Crippen molar-refractivity contribution in [2.45, 2.75) is 0 Å². The molecule has 0 radical (unpaired) electrons. The van der Waals surface area contributed by atoms with Gasteiger partial charge in [0.1, 0.15) is 24.1 Å². The molecule has 0 amide bonds. The van der Waals surface area contributed by atoms with Gasteiger partial charge >= 0.3 is 0 Å². The molecule has 4 heterocycles. The Kier molecular flexibility index (Phi) is 4.84. The van der Waals surface area contributed by atoms with Crippen LogP contribution in [0.25, 0.3) is 28.0 Å². The van der Waals surface area contributed by atoms with Crippen molar-refractivity contribution in [2.75, 3.05) is 37.9 Å². The smallest absolute Gasteiger partial charge is 0.165 e. The molecule has 1 fully saturated rings. The molecule has 0 unspecified atom stereocenters. The minimum atomic E-state index is -0.420. The maximum absolute atomic E-state index is 13.5. The number of aromatic nitrogens is 4. The summed E-state index contributed by atoms with van der Waals surface area (Å²) in [5.74, 6) is 0.544. The van der Waals surface area contributed by atoms with E-state index >= 15 is 0 Å². The van der Waals surface area contributed by atoms with Gasteiger partial charge in [-0.15, -0.1) is 0 Å². The lowest BCUT2D eigenvalue weighted by Gasteiger charge is -2.33. The molecule has 0 spiro atoms. The van der Waals surface area contributed by atoms with Crippen LogP contribution in [0.15, 0.2) is 61.1 Å². The van der Waals surface area contributed by atoms with Gasteiger partial charge in [-0.2, -0.15) is 5.10 Å². The fourth-order valence-electron chi connectivity index (χ4n) is 3.79. The molecule has 5 rings (SSSR count). The highest BCUT2D eigenvalue weighted by Crippen LogP contribution is 2.35. The second-order valence-electron chi connectivity index (χ2n) is 7.24. The highest BCUT2D eigenvalue weighted by Gasteiger charge is 2.21. The monoisotopic (exact) mass is 405 g/mol. The summed E-state index contributed by atoms with van der Waals surface area (Å²) in [5.41, 5.74) is 4.06. The molecule has 6 nitrogen and oxygen atoms in total. The first-order chi connectivity index (χ1) is 14.7. The molecule has 0 bridgehead atoms. The molecule has 1 aliphatic rings. The number of rotatable bonds is 4. The van der Waals surface area contributed by atoms with Gasteiger partial charge in [0.2, 0.25) is 0 Å². The third kappa shape index (κ3) is 3.39. The number of hydrogen-bond acceptors (Lipinski definition) is 5. The molecule has 0 aliphatic carbocycles. The minimum Gasteiger partial charge on any atom is -0.354 e. The average molecular weight is 405 g/mol. The molecule has 152 valence electrons. The highest BCUT2D eigenvalue weighted by molar-refractivity contribution is 5.90. The molecular weight excluding hydrogens is 385 g/mol. The molecule has 0 N–H and O–H groups in total. The third-order valence-corrected chi connectivity index (χ3v) is 5.42. The molecule has 1 aromatic carbocycles. The van der Waals surface area contributed by atoms with Crippen molar-refractivity contribution in [3.05, 3.63) is 66.9 Å². The summed E-state index contributed by atoms with van der Waals surface area (Å²) in [6, 6.07) is 12.1. The van der Waals surface area contributed by atoms with E-state index in [0.29, 0.717) is 18.7 Å². The van der Waals surface area contributed by atoms with Gasteiger partial charge in [0.15, 0.2) is 5.65 Å². The lowest BCUT2D eigenvalue weighted by Crippen LogP contribution is -2.46. The third-order valence-electron chi connectivity index (χ3n) is 5.42. The Morgan fingerprint density at radius 2 is 1.60 bits per heavy atom. The zero-order chi connectivity index (χ0) is 20.5. The highest BCUT2D eigenvalue weighted by atomic mass is 19.1. The van der Waals surface area contributed by atoms with Crippen LogP contribution < -0.4 is 4.90 Å². The van der Waals surface area contributed by atoms with Crippen LogP contribution in [0.2, 0.25) is 0 Å². The quantitative estimate of drug-likeness (QED) is 0.485. The largest absolute Gasteiger partial charge is 0.354 e. The van der Waals surface area contributed by atoms with Crippen LogP contribution in [-0.2, 0) is 0 Å². The number of piperazine rings is 1. The van der Waals surface area contributed by atoms with Gasteiger partial charge in [-0.05, 0) is 48.0 Å². The van der Waals surface area contributed by atoms with E-state index in [0.717, 1.165) is 41.3 Å². The van der Waals surface area contributed by atoms with Crippen LogP contribution in [0.5, 0.6) is 0 Å². The van der Waals surface area contributed by atoms with E-state index < -0.39 is 6.80 Å². The number of hydrogen-bond donors (Lipinski definition) is 0. The molecule has 3 aromatic heterocycles. The predicted molar refractivity (Wildman–Crippen MR) is 111 cm³/mol. The summed E-state index contributed by atoms with van der Waals surface area (Å²) in [7, 11) is 0. The first kappa shape index (κ1) is 18.6.